The molecule has 0 spiro atoms. The average molecular weight is 387 g/mol. The number of carbonyl (C=O) groups is 1. The molecule has 0 aliphatic carbocycles. The highest BCUT2D eigenvalue weighted by Gasteiger charge is 2.22. The van der Waals surface area contributed by atoms with Crippen molar-refractivity contribution in [2.75, 3.05) is 18.0 Å². The molecule has 0 unspecified atom stereocenters. The number of nitrogens with one attached hydrogen (secondary N) is 1. The number of aromatic carboxylic acids is 1. The Balaban J connectivity index is 1.53. The number of H-pyrrole nitrogens is 1. The number of aromatic amines is 1. The summed E-state index contributed by atoms with van der Waals surface area (Å²) in [7, 11) is 0. The number of anilines is 1. The summed E-state index contributed by atoms with van der Waals surface area (Å²) in [5, 5.41) is 20.8. The molecule has 1 aliphatic rings. The van der Waals surface area contributed by atoms with Crippen LogP contribution in [0.25, 0.3) is 0 Å². The minimum absolute atomic E-state index is 0.00788. The van der Waals surface area contributed by atoms with Crippen molar-refractivity contribution in [3.05, 3.63) is 39.6 Å². The van der Waals surface area contributed by atoms with E-state index in [4.69, 9.17) is 28.3 Å². The Kier molecular flexibility index (Phi) is 5.53. The molecule has 0 saturated carbocycles. The van der Waals surface area contributed by atoms with Gasteiger partial charge in [0.2, 0.25) is 0 Å². The third-order valence-corrected chi connectivity index (χ3v) is 5.75. The molecule has 6 nitrogen and oxygen atoms in total. The van der Waals surface area contributed by atoms with Gasteiger partial charge in [0, 0.05) is 39.8 Å². The van der Waals surface area contributed by atoms with Crippen LogP contribution in [0.1, 0.15) is 29.0 Å². The van der Waals surface area contributed by atoms with Crippen molar-refractivity contribution in [1.29, 1.82) is 0 Å². The van der Waals surface area contributed by atoms with Gasteiger partial charge in [-0.1, -0.05) is 23.2 Å². The van der Waals surface area contributed by atoms with Crippen molar-refractivity contribution in [1.82, 2.24) is 15.4 Å². The highest BCUT2D eigenvalue weighted by atomic mass is 35.5. The molecule has 2 N–H and O–H groups in total. The second-order valence-corrected chi connectivity index (χ2v) is 7.71. The van der Waals surface area contributed by atoms with Crippen molar-refractivity contribution in [2.24, 2.45) is 0 Å². The van der Waals surface area contributed by atoms with Crippen LogP contribution in [0.4, 0.5) is 5.69 Å². The number of hydrogen-bond acceptors (Lipinski definition) is 5. The van der Waals surface area contributed by atoms with Crippen LogP contribution < -0.4 is 4.90 Å². The molecule has 1 fully saturated rings. The minimum atomic E-state index is -1.05. The maximum absolute atomic E-state index is 11.0. The fraction of sp³-hybridized carbons (Fsp3) is 0.400. The molecule has 24 heavy (non-hydrogen) atoms. The van der Waals surface area contributed by atoms with Crippen molar-refractivity contribution in [3.8, 4) is 0 Å². The molecule has 1 aromatic carbocycles. The Hall–Kier alpha value is -1.44. The summed E-state index contributed by atoms with van der Waals surface area (Å²) < 4.78 is 0. The normalized spacial score (nSPS) is 15.7. The van der Waals surface area contributed by atoms with Crippen LogP contribution in [0.15, 0.2) is 18.2 Å². The van der Waals surface area contributed by atoms with Crippen LogP contribution in [0.5, 0.6) is 0 Å². The Morgan fingerprint density at radius 1 is 1.25 bits per heavy atom. The summed E-state index contributed by atoms with van der Waals surface area (Å²) in [4.78, 5) is 13.3. The molecular weight excluding hydrogens is 371 g/mol. The lowest BCUT2D eigenvalue weighted by atomic mass is 10.1. The number of piperidine rings is 1. The van der Waals surface area contributed by atoms with Crippen LogP contribution in [-0.4, -0.2) is 44.8 Å². The zero-order valence-corrected chi connectivity index (χ0v) is 15.0. The molecule has 9 heteroatoms. The van der Waals surface area contributed by atoms with Crippen LogP contribution in [0.2, 0.25) is 10.0 Å². The third-order valence-electron chi connectivity index (χ3n) is 3.93. The highest BCUT2D eigenvalue weighted by molar-refractivity contribution is 7.99. The molecule has 0 radical (unpaired) electrons. The predicted molar refractivity (Wildman–Crippen MR) is 96.3 cm³/mol. The van der Waals surface area contributed by atoms with Gasteiger partial charge in [0.25, 0.3) is 0 Å². The highest BCUT2D eigenvalue weighted by Crippen LogP contribution is 2.31. The lowest BCUT2D eigenvalue weighted by Gasteiger charge is -2.33. The molecule has 1 saturated heterocycles. The van der Waals surface area contributed by atoms with Crippen LogP contribution >= 0.6 is 35.0 Å². The first-order valence-corrected chi connectivity index (χ1v) is 9.29. The van der Waals surface area contributed by atoms with Gasteiger partial charge in [-0.15, -0.1) is 5.10 Å². The second-order valence-electron chi connectivity index (χ2n) is 5.55. The van der Waals surface area contributed by atoms with E-state index in [2.05, 4.69) is 20.3 Å². The second kappa shape index (κ2) is 7.63. The van der Waals surface area contributed by atoms with Gasteiger partial charge in [0.15, 0.2) is 5.69 Å². The van der Waals surface area contributed by atoms with E-state index < -0.39 is 5.97 Å². The zero-order chi connectivity index (χ0) is 17.1. The van der Waals surface area contributed by atoms with Crippen LogP contribution in [-0.2, 0) is 5.75 Å². The Morgan fingerprint density at radius 2 is 1.92 bits per heavy atom. The predicted octanol–water partition coefficient (Wildman–Crippen LogP) is 3.71. The van der Waals surface area contributed by atoms with Gasteiger partial charge in [-0.3, -0.25) is 0 Å². The Morgan fingerprint density at radius 3 is 2.54 bits per heavy atom. The molecular formula is C15H16Cl2N4O2S. The van der Waals surface area contributed by atoms with Gasteiger partial charge >= 0.3 is 5.97 Å². The number of hydrogen-bond donors (Lipinski definition) is 2. The number of carboxylic acid groups (broad SMARTS) is 1. The van der Waals surface area contributed by atoms with E-state index in [1.165, 1.54) is 0 Å². The number of thioether (sulfide) groups is 1. The molecule has 2 heterocycles. The SMILES string of the molecule is O=C(O)c1n[nH]nc1CSC1CCN(c2cc(Cl)cc(Cl)c2)CC1. The first-order chi connectivity index (χ1) is 11.5. The molecule has 1 aromatic heterocycles. The summed E-state index contributed by atoms with van der Waals surface area (Å²) in [6.07, 6.45) is 2.02. The molecule has 0 amide bonds. The van der Waals surface area contributed by atoms with E-state index in [9.17, 15) is 4.79 Å². The van der Waals surface area contributed by atoms with Gasteiger partial charge in [-0.05, 0) is 31.0 Å². The van der Waals surface area contributed by atoms with Gasteiger partial charge < -0.3 is 10.0 Å². The number of halogens is 2. The fourth-order valence-corrected chi connectivity index (χ4v) is 4.38. The molecule has 0 atom stereocenters. The summed E-state index contributed by atoms with van der Waals surface area (Å²) in [6, 6.07) is 5.58. The maximum Gasteiger partial charge on any atom is 0.358 e. The average Bonchev–Trinajstić information content (AvgIpc) is 3.01. The van der Waals surface area contributed by atoms with Crippen molar-refractivity contribution < 1.29 is 9.90 Å². The summed E-state index contributed by atoms with van der Waals surface area (Å²) in [5.74, 6) is -0.502. The van der Waals surface area contributed by atoms with Gasteiger partial charge in [-0.25, -0.2) is 4.79 Å². The molecule has 0 bridgehead atoms. The number of aromatic nitrogens is 3. The van der Waals surface area contributed by atoms with Crippen molar-refractivity contribution >= 4 is 46.6 Å². The first-order valence-electron chi connectivity index (χ1n) is 7.48. The Labute approximate surface area is 153 Å². The summed E-state index contributed by atoms with van der Waals surface area (Å²) in [5.41, 5.74) is 1.55. The number of nitrogens with zero attached hydrogens (tertiary/aromatic N) is 3. The molecule has 3 rings (SSSR count). The summed E-state index contributed by atoms with van der Waals surface area (Å²) >= 11 is 13.9. The minimum Gasteiger partial charge on any atom is -0.476 e. The van der Waals surface area contributed by atoms with Crippen LogP contribution in [0.3, 0.4) is 0 Å². The number of benzene rings is 1. The quantitative estimate of drug-likeness (QED) is 0.814. The number of carboxylic acids is 1. The molecule has 1 aliphatic heterocycles. The van der Waals surface area contributed by atoms with Crippen LogP contribution in [0, 0.1) is 0 Å². The first kappa shape index (κ1) is 17.4. The summed E-state index contributed by atoms with van der Waals surface area (Å²) in [6.45, 7) is 1.83. The van der Waals surface area contributed by atoms with Crippen molar-refractivity contribution in [3.63, 3.8) is 0 Å². The van der Waals surface area contributed by atoms with E-state index >= 15 is 0 Å². The molecule has 128 valence electrons. The van der Waals surface area contributed by atoms with Gasteiger partial charge in [0.1, 0.15) is 5.69 Å². The van der Waals surface area contributed by atoms with Gasteiger partial charge in [-0.2, -0.15) is 22.1 Å². The monoisotopic (exact) mass is 386 g/mol. The smallest absolute Gasteiger partial charge is 0.358 e. The third kappa shape index (κ3) is 4.15. The van der Waals surface area contributed by atoms with Crippen molar-refractivity contribution in [2.45, 2.75) is 23.8 Å². The molecule has 2 aromatic rings. The topological polar surface area (TPSA) is 82.1 Å². The standard InChI is InChI=1S/C15H16Cl2N4O2S/c16-9-5-10(17)7-11(6-9)21-3-1-12(2-4-21)24-8-13-14(15(22)23)19-20-18-13/h5-7,12H,1-4,8H2,(H,22,23)(H,18,19,20). The fourth-order valence-electron chi connectivity index (χ4n) is 2.72. The van der Waals surface area contributed by atoms with E-state index in [0.29, 0.717) is 26.7 Å². The lowest BCUT2D eigenvalue weighted by Crippen LogP contribution is -2.34. The largest absolute Gasteiger partial charge is 0.476 e. The van der Waals surface area contributed by atoms with E-state index in [-0.39, 0.29) is 5.69 Å². The maximum atomic E-state index is 11.0. The number of rotatable bonds is 5. The Bertz CT molecular complexity index is 712. The van der Waals surface area contributed by atoms with Gasteiger partial charge in [0.05, 0.1) is 0 Å². The lowest BCUT2D eigenvalue weighted by molar-refractivity contribution is 0.0689. The van der Waals surface area contributed by atoms with E-state index in [0.717, 1.165) is 31.6 Å². The van der Waals surface area contributed by atoms with E-state index in [1.807, 2.05) is 12.1 Å². The zero-order valence-electron chi connectivity index (χ0n) is 12.7. The van der Waals surface area contributed by atoms with E-state index in [1.54, 1.807) is 17.8 Å².